The lowest BCUT2D eigenvalue weighted by molar-refractivity contribution is 0.601. The molecule has 0 spiro atoms. The molecule has 0 radical (unpaired) electrons. The Morgan fingerprint density at radius 2 is 1.69 bits per heavy atom. The average Bonchev–Trinajstić information content (AvgIpc) is 3.13. The number of nitrogens with one attached hydrogen (secondary N) is 1. The minimum absolute atomic E-state index is 0.193. The molecule has 148 valence electrons. The van der Waals surface area contributed by atoms with E-state index in [0.717, 1.165) is 5.56 Å². The quantitative estimate of drug-likeness (QED) is 0.536. The first-order valence-electron chi connectivity index (χ1n) is 9.23. The second kappa shape index (κ2) is 7.29. The number of para-hydroxylation sites is 1. The summed E-state index contributed by atoms with van der Waals surface area (Å²) < 4.78 is 30.4. The zero-order valence-corrected chi connectivity index (χ0v) is 17.2. The van der Waals surface area contributed by atoms with Gasteiger partial charge in [-0.15, -0.1) is 0 Å². The third kappa shape index (κ3) is 3.58. The fourth-order valence-electron chi connectivity index (χ4n) is 3.13. The van der Waals surface area contributed by atoms with Gasteiger partial charge in [0.05, 0.1) is 16.9 Å². The smallest absolute Gasteiger partial charge is 0.261 e. The number of rotatable bonds is 5. The van der Waals surface area contributed by atoms with Gasteiger partial charge in [-0.25, -0.2) is 23.4 Å². The van der Waals surface area contributed by atoms with Crippen molar-refractivity contribution in [2.45, 2.75) is 31.7 Å². The third-order valence-corrected chi connectivity index (χ3v) is 6.05. The van der Waals surface area contributed by atoms with E-state index in [4.69, 9.17) is 0 Å². The standard InChI is InChI=1S/C21H21N5O2S/c1-14(2)26-13-24-20-19(22-12-23-21(20)26)17-6-4-5-7-18(17)25-29(27,28)16-10-8-15(3)9-11-16/h4-14,25H,1-3H3. The molecular formula is C21H21N5O2S. The Morgan fingerprint density at radius 3 is 2.41 bits per heavy atom. The van der Waals surface area contributed by atoms with Gasteiger partial charge >= 0.3 is 0 Å². The van der Waals surface area contributed by atoms with E-state index in [0.29, 0.717) is 28.1 Å². The molecule has 7 nitrogen and oxygen atoms in total. The molecule has 0 aliphatic heterocycles. The van der Waals surface area contributed by atoms with Crippen LogP contribution in [0.4, 0.5) is 5.69 Å². The van der Waals surface area contributed by atoms with Gasteiger partial charge in [0, 0.05) is 11.6 Å². The first-order chi connectivity index (χ1) is 13.9. The summed E-state index contributed by atoms with van der Waals surface area (Å²) in [6.07, 6.45) is 3.20. The van der Waals surface area contributed by atoms with Crippen molar-refractivity contribution >= 4 is 26.9 Å². The van der Waals surface area contributed by atoms with Crippen LogP contribution in [0.5, 0.6) is 0 Å². The third-order valence-electron chi connectivity index (χ3n) is 4.67. The molecule has 0 unspecified atom stereocenters. The molecule has 0 amide bonds. The first kappa shape index (κ1) is 19.1. The van der Waals surface area contributed by atoms with E-state index in [2.05, 4.69) is 19.7 Å². The summed E-state index contributed by atoms with van der Waals surface area (Å²) in [4.78, 5) is 13.4. The number of sulfonamides is 1. The van der Waals surface area contributed by atoms with Crippen LogP contribution in [0.25, 0.3) is 22.4 Å². The largest absolute Gasteiger partial charge is 0.313 e. The molecular weight excluding hydrogens is 386 g/mol. The topological polar surface area (TPSA) is 89.8 Å². The van der Waals surface area contributed by atoms with Crippen molar-refractivity contribution in [2.75, 3.05) is 4.72 Å². The van der Waals surface area contributed by atoms with E-state index >= 15 is 0 Å². The number of imidazole rings is 1. The molecule has 2 aromatic heterocycles. The first-order valence-corrected chi connectivity index (χ1v) is 10.7. The van der Waals surface area contributed by atoms with Crippen LogP contribution in [-0.2, 0) is 10.0 Å². The highest BCUT2D eigenvalue weighted by Crippen LogP contribution is 2.32. The number of anilines is 1. The highest BCUT2D eigenvalue weighted by atomic mass is 32.2. The number of nitrogens with zero attached hydrogens (tertiary/aromatic N) is 4. The maximum absolute atomic E-state index is 12.9. The molecule has 0 saturated heterocycles. The number of aromatic nitrogens is 4. The van der Waals surface area contributed by atoms with Crippen LogP contribution in [0.3, 0.4) is 0 Å². The van der Waals surface area contributed by atoms with Gasteiger partial charge < -0.3 is 4.57 Å². The second-order valence-corrected chi connectivity index (χ2v) is 8.79. The maximum atomic E-state index is 12.9. The van der Waals surface area contributed by atoms with Gasteiger partial charge in [0.1, 0.15) is 17.5 Å². The fraction of sp³-hybridized carbons (Fsp3) is 0.190. The SMILES string of the molecule is Cc1ccc(S(=O)(=O)Nc2ccccc2-c2ncnc3c2ncn3C(C)C)cc1. The Hall–Kier alpha value is -3.26. The molecule has 1 N–H and O–H groups in total. The predicted octanol–water partition coefficient (Wildman–Crippen LogP) is 4.18. The molecule has 8 heteroatoms. The zero-order chi connectivity index (χ0) is 20.6. The predicted molar refractivity (Wildman–Crippen MR) is 113 cm³/mol. The molecule has 29 heavy (non-hydrogen) atoms. The number of aryl methyl sites for hydroxylation is 1. The van der Waals surface area contributed by atoms with E-state index in [1.165, 1.54) is 6.33 Å². The normalized spacial score (nSPS) is 11.9. The Labute approximate surface area is 169 Å². The maximum Gasteiger partial charge on any atom is 0.261 e. The van der Waals surface area contributed by atoms with Gasteiger partial charge in [0.25, 0.3) is 10.0 Å². The fourth-order valence-corrected chi connectivity index (χ4v) is 4.21. The minimum Gasteiger partial charge on any atom is -0.313 e. The van der Waals surface area contributed by atoms with Gasteiger partial charge in [-0.1, -0.05) is 35.9 Å². The Kier molecular flexibility index (Phi) is 4.79. The van der Waals surface area contributed by atoms with E-state index in [1.807, 2.05) is 37.5 Å². The Balaban J connectivity index is 1.81. The summed E-state index contributed by atoms with van der Waals surface area (Å²) in [6.45, 7) is 6.01. The molecule has 2 heterocycles. The van der Waals surface area contributed by atoms with E-state index in [1.54, 1.807) is 42.7 Å². The number of fused-ring (bicyclic) bond motifs is 1. The lowest BCUT2D eigenvalue weighted by Crippen LogP contribution is -2.13. The average molecular weight is 407 g/mol. The van der Waals surface area contributed by atoms with Crippen LogP contribution in [0.2, 0.25) is 0 Å². The van der Waals surface area contributed by atoms with Gasteiger partial charge in [-0.2, -0.15) is 0 Å². The van der Waals surface area contributed by atoms with Gasteiger partial charge in [0.15, 0.2) is 5.65 Å². The zero-order valence-electron chi connectivity index (χ0n) is 16.4. The van der Waals surface area contributed by atoms with E-state index < -0.39 is 10.0 Å². The molecule has 2 aromatic carbocycles. The van der Waals surface area contributed by atoms with Crippen molar-refractivity contribution in [3.05, 3.63) is 66.7 Å². The summed E-state index contributed by atoms with van der Waals surface area (Å²) in [7, 11) is -3.74. The van der Waals surface area contributed by atoms with Crippen LogP contribution in [-0.4, -0.2) is 27.9 Å². The molecule has 0 fully saturated rings. The molecule has 0 aliphatic rings. The van der Waals surface area contributed by atoms with Crippen molar-refractivity contribution < 1.29 is 8.42 Å². The van der Waals surface area contributed by atoms with Gasteiger partial charge in [-0.05, 0) is 39.0 Å². The van der Waals surface area contributed by atoms with Gasteiger partial charge in [0.2, 0.25) is 0 Å². The van der Waals surface area contributed by atoms with Crippen molar-refractivity contribution in [1.82, 2.24) is 19.5 Å². The summed E-state index contributed by atoms with van der Waals surface area (Å²) in [6, 6.07) is 14.1. The number of benzene rings is 2. The summed E-state index contributed by atoms with van der Waals surface area (Å²) in [5, 5.41) is 0. The highest BCUT2D eigenvalue weighted by Gasteiger charge is 2.19. The molecule has 0 bridgehead atoms. The van der Waals surface area contributed by atoms with E-state index in [-0.39, 0.29) is 10.9 Å². The van der Waals surface area contributed by atoms with Crippen molar-refractivity contribution in [3.63, 3.8) is 0 Å². The number of hydrogen-bond acceptors (Lipinski definition) is 5. The van der Waals surface area contributed by atoms with Crippen LogP contribution in [0.15, 0.2) is 66.1 Å². The number of hydrogen-bond donors (Lipinski definition) is 1. The second-order valence-electron chi connectivity index (χ2n) is 7.10. The van der Waals surface area contributed by atoms with Crippen LogP contribution < -0.4 is 4.72 Å². The van der Waals surface area contributed by atoms with Crippen molar-refractivity contribution in [3.8, 4) is 11.3 Å². The van der Waals surface area contributed by atoms with Crippen LogP contribution in [0, 0.1) is 6.92 Å². The molecule has 0 aliphatic carbocycles. The van der Waals surface area contributed by atoms with Crippen molar-refractivity contribution in [2.24, 2.45) is 0 Å². The lowest BCUT2D eigenvalue weighted by atomic mass is 10.1. The highest BCUT2D eigenvalue weighted by molar-refractivity contribution is 7.92. The summed E-state index contributed by atoms with van der Waals surface area (Å²) in [5.74, 6) is 0. The molecule has 4 rings (SSSR count). The molecule has 0 saturated carbocycles. The minimum atomic E-state index is -3.74. The monoisotopic (exact) mass is 407 g/mol. The van der Waals surface area contributed by atoms with E-state index in [9.17, 15) is 8.42 Å². The molecule has 4 aromatic rings. The molecule has 0 atom stereocenters. The Morgan fingerprint density at radius 1 is 0.966 bits per heavy atom. The van der Waals surface area contributed by atoms with Gasteiger partial charge in [-0.3, -0.25) is 4.72 Å². The van der Waals surface area contributed by atoms with Crippen molar-refractivity contribution in [1.29, 1.82) is 0 Å². The lowest BCUT2D eigenvalue weighted by Gasteiger charge is -2.13. The summed E-state index contributed by atoms with van der Waals surface area (Å²) in [5.41, 5.74) is 3.99. The van der Waals surface area contributed by atoms with Crippen LogP contribution in [0.1, 0.15) is 25.5 Å². The Bertz CT molecular complexity index is 1280. The van der Waals surface area contributed by atoms with Crippen LogP contribution >= 0.6 is 0 Å². The summed E-state index contributed by atoms with van der Waals surface area (Å²) >= 11 is 0.